The Hall–Kier alpha value is -1.02. The van der Waals surface area contributed by atoms with E-state index in [1.807, 2.05) is 25.1 Å². The van der Waals surface area contributed by atoms with Crippen LogP contribution in [-0.2, 0) is 6.42 Å². The minimum Gasteiger partial charge on any atom is -0.497 e. The average molecular weight is 180 g/mol. The molecule has 0 bridgehead atoms. The Bertz CT molecular complexity index is 279. The number of methoxy groups -OCH3 is 1. The van der Waals surface area contributed by atoms with Crippen LogP contribution in [0.25, 0.3) is 0 Å². The van der Waals surface area contributed by atoms with Crippen LogP contribution in [0, 0.1) is 6.92 Å². The highest BCUT2D eigenvalue weighted by Gasteiger charge is 2.03. The van der Waals surface area contributed by atoms with Crippen molar-refractivity contribution in [1.82, 2.24) is 0 Å². The predicted molar refractivity (Wildman–Crippen MR) is 53.1 cm³/mol. The summed E-state index contributed by atoms with van der Waals surface area (Å²) in [5, 5.41) is 9.25. The second-order valence-corrected chi connectivity index (χ2v) is 3.35. The molecule has 2 heteroatoms. The third-order valence-corrected chi connectivity index (χ3v) is 2.07. The topological polar surface area (TPSA) is 29.5 Å². The van der Waals surface area contributed by atoms with Crippen LogP contribution < -0.4 is 4.74 Å². The number of hydrogen-bond acceptors (Lipinski definition) is 2. The molecule has 1 rings (SSSR count). The molecule has 72 valence electrons. The van der Waals surface area contributed by atoms with Gasteiger partial charge in [0.05, 0.1) is 13.2 Å². The Kier molecular flexibility index (Phi) is 3.32. The second-order valence-electron chi connectivity index (χ2n) is 3.35. The van der Waals surface area contributed by atoms with E-state index in [2.05, 4.69) is 0 Å². The standard InChI is InChI=1S/C11H16O2/c1-8-4-5-11(13-3)7-10(8)6-9(2)12/h4-5,7,9,12H,6H2,1-3H3. The van der Waals surface area contributed by atoms with Gasteiger partial charge in [-0.05, 0) is 43.5 Å². The van der Waals surface area contributed by atoms with E-state index >= 15 is 0 Å². The van der Waals surface area contributed by atoms with Crippen molar-refractivity contribution in [2.24, 2.45) is 0 Å². The van der Waals surface area contributed by atoms with E-state index in [0.29, 0.717) is 6.42 Å². The summed E-state index contributed by atoms with van der Waals surface area (Å²) >= 11 is 0. The van der Waals surface area contributed by atoms with E-state index in [4.69, 9.17) is 4.74 Å². The molecule has 0 saturated heterocycles. The maximum Gasteiger partial charge on any atom is 0.119 e. The molecule has 0 radical (unpaired) electrons. The molecule has 0 spiro atoms. The summed E-state index contributed by atoms with van der Waals surface area (Å²) in [7, 11) is 1.65. The molecule has 0 heterocycles. The van der Waals surface area contributed by atoms with Crippen molar-refractivity contribution < 1.29 is 9.84 Å². The van der Waals surface area contributed by atoms with Gasteiger partial charge in [0.1, 0.15) is 5.75 Å². The summed E-state index contributed by atoms with van der Waals surface area (Å²) in [6.07, 6.45) is 0.383. The van der Waals surface area contributed by atoms with Crippen molar-refractivity contribution in [3.63, 3.8) is 0 Å². The SMILES string of the molecule is COc1ccc(C)c(CC(C)O)c1. The molecule has 1 atom stereocenters. The zero-order chi connectivity index (χ0) is 9.84. The highest BCUT2D eigenvalue weighted by Crippen LogP contribution is 2.18. The highest BCUT2D eigenvalue weighted by atomic mass is 16.5. The van der Waals surface area contributed by atoms with E-state index in [1.165, 1.54) is 5.56 Å². The Morgan fingerprint density at radius 2 is 2.15 bits per heavy atom. The zero-order valence-electron chi connectivity index (χ0n) is 8.37. The maximum atomic E-state index is 9.25. The number of aliphatic hydroxyl groups is 1. The second kappa shape index (κ2) is 4.28. The van der Waals surface area contributed by atoms with E-state index < -0.39 is 0 Å². The smallest absolute Gasteiger partial charge is 0.119 e. The van der Waals surface area contributed by atoms with Crippen molar-refractivity contribution in [2.75, 3.05) is 7.11 Å². The highest BCUT2D eigenvalue weighted by molar-refractivity contribution is 5.35. The van der Waals surface area contributed by atoms with Gasteiger partial charge in [-0.2, -0.15) is 0 Å². The molecule has 1 unspecified atom stereocenters. The van der Waals surface area contributed by atoms with Crippen molar-refractivity contribution in [3.8, 4) is 5.75 Å². The fourth-order valence-corrected chi connectivity index (χ4v) is 1.31. The first-order valence-corrected chi connectivity index (χ1v) is 4.45. The molecule has 0 aliphatic carbocycles. The van der Waals surface area contributed by atoms with Gasteiger partial charge in [-0.1, -0.05) is 6.07 Å². The lowest BCUT2D eigenvalue weighted by Gasteiger charge is -2.09. The van der Waals surface area contributed by atoms with Crippen LogP contribution >= 0.6 is 0 Å². The molecular weight excluding hydrogens is 164 g/mol. The van der Waals surface area contributed by atoms with Crippen LogP contribution in [-0.4, -0.2) is 18.3 Å². The average Bonchev–Trinajstić information content (AvgIpc) is 2.08. The molecule has 0 amide bonds. The lowest BCUT2D eigenvalue weighted by molar-refractivity contribution is 0.195. The summed E-state index contributed by atoms with van der Waals surface area (Å²) in [4.78, 5) is 0. The number of hydrogen-bond donors (Lipinski definition) is 1. The van der Waals surface area contributed by atoms with Crippen LogP contribution in [0.2, 0.25) is 0 Å². The summed E-state index contributed by atoms with van der Waals surface area (Å²) in [5.41, 5.74) is 2.34. The van der Waals surface area contributed by atoms with Crippen molar-refractivity contribution in [3.05, 3.63) is 29.3 Å². The van der Waals surface area contributed by atoms with E-state index in [1.54, 1.807) is 14.0 Å². The Balaban J connectivity index is 2.90. The third kappa shape index (κ3) is 2.74. The summed E-state index contributed by atoms with van der Waals surface area (Å²) in [5.74, 6) is 0.848. The van der Waals surface area contributed by atoms with Gasteiger partial charge in [0.25, 0.3) is 0 Å². The molecule has 1 aromatic carbocycles. The van der Waals surface area contributed by atoms with E-state index in [-0.39, 0.29) is 6.10 Å². The lowest BCUT2D eigenvalue weighted by atomic mass is 10.0. The maximum absolute atomic E-state index is 9.25. The Morgan fingerprint density at radius 3 is 2.69 bits per heavy atom. The molecule has 0 aromatic heterocycles. The van der Waals surface area contributed by atoms with Gasteiger partial charge in [0.2, 0.25) is 0 Å². The number of aliphatic hydroxyl groups excluding tert-OH is 1. The van der Waals surface area contributed by atoms with Gasteiger partial charge in [-0.15, -0.1) is 0 Å². The molecule has 0 fully saturated rings. The molecule has 13 heavy (non-hydrogen) atoms. The number of benzene rings is 1. The van der Waals surface area contributed by atoms with Crippen molar-refractivity contribution in [1.29, 1.82) is 0 Å². The summed E-state index contributed by atoms with van der Waals surface area (Å²) < 4.78 is 5.11. The molecule has 0 aliphatic rings. The molecule has 2 nitrogen and oxygen atoms in total. The van der Waals surface area contributed by atoms with Crippen LogP contribution in [0.3, 0.4) is 0 Å². The molecule has 0 saturated carbocycles. The first-order chi connectivity index (χ1) is 6.13. The zero-order valence-corrected chi connectivity index (χ0v) is 8.37. The molecule has 1 aromatic rings. The predicted octanol–water partition coefficient (Wildman–Crippen LogP) is 1.93. The summed E-state index contributed by atoms with van der Waals surface area (Å²) in [6.45, 7) is 3.83. The quantitative estimate of drug-likeness (QED) is 0.770. The fourth-order valence-electron chi connectivity index (χ4n) is 1.31. The lowest BCUT2D eigenvalue weighted by Crippen LogP contribution is -2.05. The van der Waals surface area contributed by atoms with Crippen LogP contribution in [0.1, 0.15) is 18.1 Å². The molecule has 0 aliphatic heterocycles. The minimum absolute atomic E-state index is 0.300. The molecular formula is C11H16O2. The van der Waals surface area contributed by atoms with Gasteiger partial charge >= 0.3 is 0 Å². The van der Waals surface area contributed by atoms with Crippen LogP contribution in [0.5, 0.6) is 5.75 Å². The van der Waals surface area contributed by atoms with E-state index in [0.717, 1.165) is 11.3 Å². The van der Waals surface area contributed by atoms with Gasteiger partial charge in [-0.3, -0.25) is 0 Å². The summed E-state index contributed by atoms with van der Waals surface area (Å²) in [6, 6.07) is 5.92. The number of aryl methyl sites for hydroxylation is 1. The van der Waals surface area contributed by atoms with Crippen molar-refractivity contribution >= 4 is 0 Å². The first-order valence-electron chi connectivity index (χ1n) is 4.45. The van der Waals surface area contributed by atoms with Crippen molar-refractivity contribution in [2.45, 2.75) is 26.4 Å². The van der Waals surface area contributed by atoms with Gasteiger partial charge in [-0.25, -0.2) is 0 Å². The minimum atomic E-state index is -0.300. The van der Waals surface area contributed by atoms with E-state index in [9.17, 15) is 5.11 Å². The van der Waals surface area contributed by atoms with Gasteiger partial charge in [0, 0.05) is 0 Å². The normalized spacial score (nSPS) is 12.6. The molecule has 1 N–H and O–H groups in total. The van der Waals surface area contributed by atoms with Gasteiger partial charge in [0.15, 0.2) is 0 Å². The first kappa shape index (κ1) is 10.1. The fraction of sp³-hybridized carbons (Fsp3) is 0.455. The number of rotatable bonds is 3. The Morgan fingerprint density at radius 1 is 1.46 bits per heavy atom. The van der Waals surface area contributed by atoms with Crippen LogP contribution in [0.4, 0.5) is 0 Å². The number of ether oxygens (including phenoxy) is 1. The largest absolute Gasteiger partial charge is 0.497 e. The monoisotopic (exact) mass is 180 g/mol. The van der Waals surface area contributed by atoms with Crippen LogP contribution in [0.15, 0.2) is 18.2 Å². The third-order valence-electron chi connectivity index (χ3n) is 2.07. The van der Waals surface area contributed by atoms with Gasteiger partial charge < -0.3 is 9.84 Å². The Labute approximate surface area is 79.2 Å².